The van der Waals surface area contributed by atoms with Crippen molar-refractivity contribution in [3.63, 3.8) is 0 Å². The minimum Gasteiger partial charge on any atom is -0.496 e. The molecule has 3 rings (SSSR count). The lowest BCUT2D eigenvalue weighted by molar-refractivity contribution is 0.0972. The zero-order chi connectivity index (χ0) is 14.1. The Hall–Kier alpha value is -2.40. The Labute approximate surface area is 119 Å². The predicted molar refractivity (Wildman–Crippen MR) is 78.8 cm³/mol. The van der Waals surface area contributed by atoms with Crippen LogP contribution in [0, 0.1) is 0 Å². The Morgan fingerprint density at radius 2 is 1.80 bits per heavy atom. The van der Waals surface area contributed by atoms with Crippen LogP contribution in [-0.2, 0) is 0 Å². The van der Waals surface area contributed by atoms with E-state index in [1.54, 1.807) is 48.5 Å². The highest BCUT2D eigenvalue weighted by molar-refractivity contribution is 7.06. The minimum atomic E-state index is -0.259. The van der Waals surface area contributed by atoms with Crippen LogP contribution >= 0.6 is 11.5 Å². The second-order valence-corrected chi connectivity index (χ2v) is 5.11. The van der Waals surface area contributed by atoms with E-state index in [1.807, 2.05) is 0 Å². The van der Waals surface area contributed by atoms with E-state index in [9.17, 15) is 9.59 Å². The number of para-hydroxylation sites is 2. The second kappa shape index (κ2) is 4.94. The standard InChI is InChI=1S/C15H11NO3S/c1-19-13-9-5-3-7-11(13)14(17)16-12-8-4-2-6-10(12)15(18)20-16/h2-9H,1H3. The molecule has 1 aromatic heterocycles. The summed E-state index contributed by atoms with van der Waals surface area (Å²) in [5, 5.41) is 0.556. The van der Waals surface area contributed by atoms with Gasteiger partial charge in [-0.2, -0.15) is 0 Å². The number of fused-ring (bicyclic) bond motifs is 1. The Kier molecular flexibility index (Phi) is 3.12. The molecule has 0 atom stereocenters. The van der Waals surface area contributed by atoms with Gasteiger partial charge >= 0.3 is 0 Å². The summed E-state index contributed by atoms with van der Waals surface area (Å²) >= 11 is 0.906. The van der Waals surface area contributed by atoms with E-state index in [0.717, 1.165) is 11.5 Å². The van der Waals surface area contributed by atoms with Crippen LogP contribution in [0.2, 0.25) is 0 Å². The van der Waals surface area contributed by atoms with Gasteiger partial charge < -0.3 is 4.74 Å². The number of methoxy groups -OCH3 is 1. The molecule has 0 fully saturated rings. The van der Waals surface area contributed by atoms with Crippen LogP contribution in [0.4, 0.5) is 0 Å². The number of ether oxygens (including phenoxy) is 1. The van der Waals surface area contributed by atoms with E-state index in [2.05, 4.69) is 0 Å². The smallest absolute Gasteiger partial charge is 0.275 e. The van der Waals surface area contributed by atoms with Gasteiger partial charge in [0.15, 0.2) is 0 Å². The molecular formula is C15H11NO3S. The molecule has 0 spiro atoms. The van der Waals surface area contributed by atoms with Crippen LogP contribution in [-0.4, -0.2) is 17.0 Å². The Balaban J connectivity index is 2.21. The maximum Gasteiger partial charge on any atom is 0.275 e. The first-order chi connectivity index (χ1) is 9.72. The van der Waals surface area contributed by atoms with Crippen molar-refractivity contribution in [3.8, 4) is 5.75 Å². The number of nitrogens with zero attached hydrogens (tertiary/aromatic N) is 1. The lowest BCUT2D eigenvalue weighted by atomic mass is 10.2. The Morgan fingerprint density at radius 3 is 2.60 bits per heavy atom. The third-order valence-electron chi connectivity index (χ3n) is 3.04. The fourth-order valence-corrected chi connectivity index (χ4v) is 2.96. The molecule has 4 nitrogen and oxygen atoms in total. The molecule has 0 aliphatic rings. The van der Waals surface area contributed by atoms with Crippen LogP contribution in [0.15, 0.2) is 53.3 Å². The number of aromatic nitrogens is 1. The van der Waals surface area contributed by atoms with Crippen molar-refractivity contribution < 1.29 is 9.53 Å². The molecule has 0 saturated heterocycles. The zero-order valence-corrected chi connectivity index (χ0v) is 11.5. The molecule has 100 valence electrons. The Bertz CT molecular complexity index is 847. The van der Waals surface area contributed by atoms with Gasteiger partial charge in [0.25, 0.3) is 10.6 Å². The fraction of sp³-hybridized carbons (Fsp3) is 0.0667. The molecule has 5 heteroatoms. The summed E-state index contributed by atoms with van der Waals surface area (Å²) in [5.74, 6) is 0.237. The molecule has 3 aromatic rings. The van der Waals surface area contributed by atoms with E-state index < -0.39 is 0 Å². The fourth-order valence-electron chi connectivity index (χ4n) is 2.09. The molecule has 2 aromatic carbocycles. The normalized spacial score (nSPS) is 10.7. The van der Waals surface area contributed by atoms with Gasteiger partial charge in [-0.25, -0.2) is 3.96 Å². The summed E-state index contributed by atoms with van der Waals surface area (Å²) in [7, 11) is 1.52. The first-order valence-electron chi connectivity index (χ1n) is 6.01. The van der Waals surface area contributed by atoms with Gasteiger partial charge in [-0.15, -0.1) is 0 Å². The average Bonchev–Trinajstić information content (AvgIpc) is 2.84. The molecule has 1 heterocycles. The monoisotopic (exact) mass is 285 g/mol. The maximum absolute atomic E-state index is 12.6. The molecule has 0 aliphatic heterocycles. The molecule has 0 N–H and O–H groups in total. The molecular weight excluding hydrogens is 274 g/mol. The molecule has 0 bridgehead atoms. The van der Waals surface area contributed by atoms with E-state index in [1.165, 1.54) is 11.1 Å². The first kappa shape index (κ1) is 12.6. The van der Waals surface area contributed by atoms with E-state index in [-0.39, 0.29) is 10.6 Å². The molecule has 0 unspecified atom stereocenters. The van der Waals surface area contributed by atoms with Crippen LogP contribution in [0.3, 0.4) is 0 Å². The third kappa shape index (κ3) is 1.92. The summed E-state index contributed by atoms with van der Waals surface area (Å²) in [6.07, 6.45) is 0. The number of hydrogen-bond donors (Lipinski definition) is 0. The van der Waals surface area contributed by atoms with Gasteiger partial charge in [-0.1, -0.05) is 24.3 Å². The molecule has 20 heavy (non-hydrogen) atoms. The number of benzene rings is 2. The second-order valence-electron chi connectivity index (χ2n) is 4.20. The summed E-state index contributed by atoms with van der Waals surface area (Å²) in [6, 6.07) is 14.1. The van der Waals surface area contributed by atoms with Gasteiger partial charge in [0, 0.05) is 0 Å². The lowest BCUT2D eigenvalue weighted by Crippen LogP contribution is -2.10. The SMILES string of the molecule is COc1ccccc1C(=O)n1sc(=O)c2ccccc21. The summed E-state index contributed by atoms with van der Waals surface area (Å²) < 4.78 is 6.49. The molecule has 0 aliphatic carbocycles. The van der Waals surface area contributed by atoms with Crippen molar-refractivity contribution in [2.24, 2.45) is 0 Å². The van der Waals surface area contributed by atoms with Crippen LogP contribution < -0.4 is 9.48 Å². The highest BCUT2D eigenvalue weighted by Crippen LogP contribution is 2.22. The largest absolute Gasteiger partial charge is 0.496 e. The summed E-state index contributed by atoms with van der Waals surface area (Å²) in [4.78, 5) is 24.5. The third-order valence-corrected chi connectivity index (χ3v) is 3.97. The molecule has 0 amide bonds. The minimum absolute atomic E-state index is 0.121. The van der Waals surface area contributed by atoms with Gasteiger partial charge in [-0.3, -0.25) is 9.59 Å². The number of carbonyl (C=O) groups excluding carboxylic acids is 1. The van der Waals surface area contributed by atoms with Gasteiger partial charge in [0.1, 0.15) is 5.75 Å². The molecule has 0 saturated carbocycles. The van der Waals surface area contributed by atoms with Crippen molar-refractivity contribution in [2.45, 2.75) is 0 Å². The number of carbonyl (C=O) groups is 1. The van der Waals surface area contributed by atoms with Gasteiger partial charge in [0.05, 0.1) is 23.6 Å². The van der Waals surface area contributed by atoms with Crippen molar-refractivity contribution >= 4 is 28.3 Å². The number of rotatable bonds is 2. The van der Waals surface area contributed by atoms with Crippen LogP contribution in [0.1, 0.15) is 10.4 Å². The van der Waals surface area contributed by atoms with Crippen molar-refractivity contribution in [1.82, 2.24) is 3.96 Å². The zero-order valence-electron chi connectivity index (χ0n) is 10.7. The summed E-state index contributed by atoms with van der Waals surface area (Å²) in [5.41, 5.74) is 1.06. The van der Waals surface area contributed by atoms with Gasteiger partial charge in [-0.05, 0) is 35.8 Å². The van der Waals surface area contributed by atoms with E-state index in [0.29, 0.717) is 22.2 Å². The van der Waals surface area contributed by atoms with Crippen LogP contribution in [0.25, 0.3) is 10.9 Å². The highest BCUT2D eigenvalue weighted by Gasteiger charge is 2.18. The predicted octanol–water partition coefficient (Wildman–Crippen LogP) is 2.76. The van der Waals surface area contributed by atoms with Crippen molar-refractivity contribution in [3.05, 3.63) is 63.6 Å². The average molecular weight is 285 g/mol. The summed E-state index contributed by atoms with van der Waals surface area (Å²) in [6.45, 7) is 0. The highest BCUT2D eigenvalue weighted by atomic mass is 32.1. The maximum atomic E-state index is 12.6. The first-order valence-corrected chi connectivity index (χ1v) is 6.78. The number of hydrogen-bond acceptors (Lipinski definition) is 4. The lowest BCUT2D eigenvalue weighted by Gasteiger charge is -2.07. The van der Waals surface area contributed by atoms with Crippen molar-refractivity contribution in [2.75, 3.05) is 7.11 Å². The topological polar surface area (TPSA) is 48.3 Å². The Morgan fingerprint density at radius 1 is 1.10 bits per heavy atom. The van der Waals surface area contributed by atoms with E-state index in [4.69, 9.17) is 4.74 Å². The quantitative estimate of drug-likeness (QED) is 0.727. The van der Waals surface area contributed by atoms with Crippen molar-refractivity contribution in [1.29, 1.82) is 0 Å². The van der Waals surface area contributed by atoms with E-state index >= 15 is 0 Å². The molecule has 0 radical (unpaired) electrons. The van der Waals surface area contributed by atoms with Crippen LogP contribution in [0.5, 0.6) is 5.75 Å². The van der Waals surface area contributed by atoms with Gasteiger partial charge in [0.2, 0.25) is 0 Å².